The maximum atomic E-state index is 5.77. The van der Waals surface area contributed by atoms with E-state index in [9.17, 15) is 0 Å². The van der Waals surface area contributed by atoms with Gasteiger partial charge < -0.3 is 24.8 Å². The van der Waals surface area contributed by atoms with E-state index in [1.807, 2.05) is 0 Å². The molecular weight excluding hydrogens is 246 g/mol. The van der Waals surface area contributed by atoms with Gasteiger partial charge in [0.2, 0.25) is 0 Å². The number of nitrogens with two attached hydrogens (primary N) is 1. The number of likely N-dealkylation sites (N-methyl/N-ethyl adjacent to an activating group) is 1. The highest BCUT2D eigenvalue weighted by atomic mass is 16.5. The lowest BCUT2D eigenvalue weighted by molar-refractivity contribution is 0.0307. The molecule has 7 heteroatoms. The third-order valence-electron chi connectivity index (χ3n) is 3.86. The molecule has 7 nitrogen and oxygen atoms in total. The average Bonchev–Trinajstić information content (AvgIpc) is 3.08. The Kier molecular flexibility index (Phi) is 3.67. The van der Waals surface area contributed by atoms with Gasteiger partial charge >= 0.3 is 0 Å². The van der Waals surface area contributed by atoms with E-state index >= 15 is 0 Å². The molecule has 0 aliphatic carbocycles. The van der Waals surface area contributed by atoms with Crippen LogP contribution in [0.4, 0.5) is 5.95 Å². The number of ether oxygens (including phenoxy) is 1. The Labute approximate surface area is 112 Å². The second-order valence-corrected chi connectivity index (χ2v) is 5.28. The molecule has 0 amide bonds. The van der Waals surface area contributed by atoms with E-state index in [0.29, 0.717) is 18.4 Å². The molecule has 0 spiro atoms. The monoisotopic (exact) mass is 267 g/mol. The Hall–Kier alpha value is -1.18. The predicted octanol–water partition coefficient (Wildman–Crippen LogP) is 0.000200. The first-order chi connectivity index (χ1) is 9.26. The van der Waals surface area contributed by atoms with Crippen LogP contribution in [-0.2, 0) is 4.74 Å². The van der Waals surface area contributed by atoms with Crippen molar-refractivity contribution in [1.29, 1.82) is 0 Å². The Morgan fingerprint density at radius 1 is 1.26 bits per heavy atom. The molecule has 0 saturated carbocycles. The van der Waals surface area contributed by atoms with Crippen LogP contribution in [0.25, 0.3) is 0 Å². The Morgan fingerprint density at radius 3 is 2.74 bits per heavy atom. The summed E-state index contributed by atoms with van der Waals surface area (Å²) in [7, 11) is 2.12. The maximum Gasteiger partial charge on any atom is 0.266 e. The summed E-state index contributed by atoms with van der Waals surface area (Å²) in [5.74, 6) is 1.27. The summed E-state index contributed by atoms with van der Waals surface area (Å²) in [6.07, 6.45) is 1.92. The van der Waals surface area contributed by atoms with Crippen molar-refractivity contribution in [3.63, 3.8) is 0 Å². The van der Waals surface area contributed by atoms with E-state index in [4.69, 9.17) is 15.0 Å². The number of anilines is 1. The van der Waals surface area contributed by atoms with Crippen LogP contribution < -0.4 is 10.6 Å². The van der Waals surface area contributed by atoms with Crippen molar-refractivity contribution in [2.45, 2.75) is 25.0 Å². The van der Waals surface area contributed by atoms with Crippen LogP contribution >= 0.6 is 0 Å². The largest absolute Gasteiger partial charge is 0.364 e. The fraction of sp³-hybridized carbons (Fsp3) is 0.833. The lowest BCUT2D eigenvalue weighted by atomic mass is 10.2. The number of piperazine rings is 1. The lowest BCUT2D eigenvalue weighted by Crippen LogP contribution is -2.44. The summed E-state index contributed by atoms with van der Waals surface area (Å²) in [6, 6.07) is 0. The molecule has 2 aliphatic rings. The van der Waals surface area contributed by atoms with E-state index in [1.54, 1.807) is 0 Å². The van der Waals surface area contributed by atoms with E-state index in [-0.39, 0.29) is 12.2 Å². The summed E-state index contributed by atoms with van der Waals surface area (Å²) >= 11 is 0. The third kappa shape index (κ3) is 2.72. The van der Waals surface area contributed by atoms with Gasteiger partial charge in [-0.2, -0.15) is 4.98 Å². The minimum Gasteiger partial charge on any atom is -0.364 e. The molecule has 19 heavy (non-hydrogen) atoms. The van der Waals surface area contributed by atoms with Gasteiger partial charge in [-0.3, -0.25) is 0 Å². The zero-order valence-electron chi connectivity index (χ0n) is 11.3. The van der Waals surface area contributed by atoms with E-state index in [2.05, 4.69) is 27.0 Å². The van der Waals surface area contributed by atoms with Gasteiger partial charge in [-0.25, -0.2) is 0 Å². The molecule has 2 saturated heterocycles. The molecule has 2 fully saturated rings. The Bertz CT molecular complexity index is 400. The highest BCUT2D eigenvalue weighted by molar-refractivity contribution is 5.28. The fourth-order valence-electron chi connectivity index (χ4n) is 2.55. The smallest absolute Gasteiger partial charge is 0.266 e. The van der Waals surface area contributed by atoms with Gasteiger partial charge in [0.1, 0.15) is 6.10 Å². The van der Waals surface area contributed by atoms with Gasteiger partial charge in [-0.1, -0.05) is 0 Å². The number of hydrogen-bond donors (Lipinski definition) is 1. The van der Waals surface area contributed by atoms with Gasteiger partial charge in [0, 0.05) is 32.7 Å². The van der Waals surface area contributed by atoms with Crippen LogP contribution in [0.2, 0.25) is 0 Å². The van der Waals surface area contributed by atoms with E-state index in [1.165, 1.54) is 0 Å². The molecule has 3 rings (SSSR count). The van der Waals surface area contributed by atoms with Crippen molar-refractivity contribution in [2.24, 2.45) is 5.73 Å². The standard InChI is InChI=1S/C12H21N5O2/c1-16-4-6-17(7-5-16)12-14-11(19-15-12)10-3-2-9(8-13)18-10/h9-10H,2-8,13H2,1H3. The number of rotatable bonds is 3. The molecule has 1 aromatic heterocycles. The Balaban J connectivity index is 1.63. The van der Waals surface area contributed by atoms with Gasteiger partial charge in [-0.05, 0) is 25.0 Å². The Morgan fingerprint density at radius 2 is 2.05 bits per heavy atom. The molecule has 2 N–H and O–H groups in total. The average molecular weight is 267 g/mol. The molecule has 1 aromatic rings. The van der Waals surface area contributed by atoms with Crippen LogP contribution in [0.15, 0.2) is 4.52 Å². The first-order valence-corrected chi connectivity index (χ1v) is 6.89. The molecule has 0 aromatic carbocycles. The molecule has 2 atom stereocenters. The van der Waals surface area contributed by atoms with Crippen LogP contribution in [0, 0.1) is 0 Å². The second kappa shape index (κ2) is 5.44. The zero-order valence-corrected chi connectivity index (χ0v) is 11.3. The molecule has 2 aliphatic heterocycles. The quantitative estimate of drug-likeness (QED) is 0.825. The summed E-state index contributed by atoms with van der Waals surface area (Å²) in [5, 5.41) is 4.07. The molecule has 2 unspecified atom stereocenters. The minimum absolute atomic E-state index is 0.0812. The van der Waals surface area contributed by atoms with Crippen molar-refractivity contribution in [3.8, 4) is 0 Å². The predicted molar refractivity (Wildman–Crippen MR) is 69.9 cm³/mol. The third-order valence-corrected chi connectivity index (χ3v) is 3.86. The molecule has 3 heterocycles. The maximum absolute atomic E-state index is 5.77. The number of hydrogen-bond acceptors (Lipinski definition) is 7. The van der Waals surface area contributed by atoms with Gasteiger partial charge in [-0.15, -0.1) is 0 Å². The lowest BCUT2D eigenvalue weighted by Gasteiger charge is -2.31. The normalized spacial score (nSPS) is 29.1. The second-order valence-electron chi connectivity index (χ2n) is 5.28. The molecule has 0 bridgehead atoms. The van der Waals surface area contributed by atoms with Gasteiger partial charge in [0.15, 0.2) is 0 Å². The van der Waals surface area contributed by atoms with Crippen molar-refractivity contribution in [3.05, 3.63) is 5.89 Å². The number of aromatic nitrogens is 2. The van der Waals surface area contributed by atoms with Crippen LogP contribution in [0.1, 0.15) is 24.8 Å². The summed E-state index contributed by atoms with van der Waals surface area (Å²) in [4.78, 5) is 8.92. The van der Waals surface area contributed by atoms with E-state index < -0.39 is 0 Å². The van der Waals surface area contributed by atoms with Crippen molar-refractivity contribution in [1.82, 2.24) is 15.0 Å². The van der Waals surface area contributed by atoms with E-state index in [0.717, 1.165) is 39.0 Å². The molecular formula is C12H21N5O2. The van der Waals surface area contributed by atoms with Gasteiger partial charge in [0.05, 0.1) is 6.10 Å². The van der Waals surface area contributed by atoms with Crippen molar-refractivity contribution in [2.75, 3.05) is 44.7 Å². The summed E-state index contributed by atoms with van der Waals surface area (Å²) in [6.45, 7) is 4.48. The molecule has 106 valence electrons. The number of nitrogens with zero attached hydrogens (tertiary/aromatic N) is 4. The zero-order chi connectivity index (χ0) is 13.2. The summed E-state index contributed by atoms with van der Waals surface area (Å²) in [5.41, 5.74) is 5.60. The van der Waals surface area contributed by atoms with Crippen molar-refractivity contribution >= 4 is 5.95 Å². The molecule has 0 radical (unpaired) electrons. The first-order valence-electron chi connectivity index (χ1n) is 6.89. The highest BCUT2D eigenvalue weighted by Crippen LogP contribution is 2.32. The van der Waals surface area contributed by atoms with Crippen LogP contribution in [0.3, 0.4) is 0 Å². The first kappa shape index (κ1) is 12.8. The minimum atomic E-state index is -0.0812. The van der Waals surface area contributed by atoms with Crippen molar-refractivity contribution < 1.29 is 9.26 Å². The van der Waals surface area contributed by atoms with Gasteiger partial charge in [0.25, 0.3) is 11.8 Å². The SMILES string of the molecule is CN1CCN(c2noc(C3CCC(CN)O3)n2)CC1. The summed E-state index contributed by atoms with van der Waals surface area (Å²) < 4.78 is 11.1. The topological polar surface area (TPSA) is 80.7 Å². The fourth-order valence-corrected chi connectivity index (χ4v) is 2.55. The highest BCUT2D eigenvalue weighted by Gasteiger charge is 2.30. The van der Waals surface area contributed by atoms with Crippen LogP contribution in [-0.4, -0.2) is 60.9 Å². The van der Waals surface area contributed by atoms with Crippen LogP contribution in [0.5, 0.6) is 0 Å².